The molecule has 2 aromatic carbocycles. The molecule has 0 aromatic heterocycles. The fraction of sp³-hybridized carbons (Fsp3) is 0.267. The second kappa shape index (κ2) is 5.09. The maximum Gasteiger partial charge on any atom is 0.153 e. The maximum absolute atomic E-state index is 11.8. The second-order valence-corrected chi connectivity index (χ2v) is 4.71. The molecule has 3 heteroatoms. The van der Waals surface area contributed by atoms with Crippen molar-refractivity contribution in [2.45, 2.75) is 25.3 Å². The lowest BCUT2D eigenvalue weighted by Gasteiger charge is -2.09. The van der Waals surface area contributed by atoms with Gasteiger partial charge in [-0.05, 0) is 34.7 Å². The molecule has 2 nitrogen and oxygen atoms in total. The highest BCUT2D eigenvalue weighted by Crippen LogP contribution is 2.27. The number of aryl methyl sites for hydroxylation is 1. The largest absolute Gasteiger partial charge is 0.321 e. The molecule has 1 unspecified atom stereocenters. The number of Topliss-reactive ketones (excluding diaryl/α,β-unsaturated/α-hetero) is 1. The molecule has 0 amide bonds. The Labute approximate surface area is 113 Å². The zero-order chi connectivity index (χ0) is 11.8. The van der Waals surface area contributed by atoms with Crippen molar-refractivity contribution in [3.8, 4) is 0 Å². The Morgan fingerprint density at radius 1 is 1.11 bits per heavy atom. The second-order valence-electron chi connectivity index (χ2n) is 4.71. The highest BCUT2D eigenvalue weighted by molar-refractivity contribution is 5.92. The van der Waals surface area contributed by atoms with Crippen LogP contribution in [0.2, 0.25) is 0 Å². The minimum Gasteiger partial charge on any atom is -0.321 e. The van der Waals surface area contributed by atoms with Gasteiger partial charge in [-0.15, -0.1) is 12.4 Å². The molecule has 0 aliphatic heterocycles. The van der Waals surface area contributed by atoms with Crippen LogP contribution in [0.15, 0.2) is 36.4 Å². The molecule has 0 spiro atoms. The minimum atomic E-state index is -0.291. The van der Waals surface area contributed by atoms with Gasteiger partial charge in [-0.3, -0.25) is 4.79 Å². The van der Waals surface area contributed by atoms with Gasteiger partial charge in [0.15, 0.2) is 5.78 Å². The number of nitrogens with two attached hydrogens (primary N) is 1. The average Bonchev–Trinajstić information content (AvgIpc) is 2.50. The van der Waals surface area contributed by atoms with Crippen LogP contribution in [-0.2, 0) is 17.6 Å². The molecular formula is C15H16ClNO. The number of hydrogen-bond donors (Lipinski definition) is 1. The number of benzene rings is 2. The van der Waals surface area contributed by atoms with Gasteiger partial charge in [0.25, 0.3) is 0 Å². The summed E-state index contributed by atoms with van der Waals surface area (Å²) in [6.07, 6.45) is 2.16. The van der Waals surface area contributed by atoms with Crippen molar-refractivity contribution in [3.05, 3.63) is 47.5 Å². The van der Waals surface area contributed by atoms with Crippen molar-refractivity contribution < 1.29 is 4.79 Å². The van der Waals surface area contributed by atoms with E-state index in [2.05, 4.69) is 30.3 Å². The zero-order valence-electron chi connectivity index (χ0n) is 10.1. The Morgan fingerprint density at radius 2 is 1.89 bits per heavy atom. The van der Waals surface area contributed by atoms with Crippen molar-refractivity contribution in [2.24, 2.45) is 5.73 Å². The number of ketones is 1. The number of carbonyl (C=O) groups is 1. The Bertz CT molecular complexity index is 594. The highest BCUT2D eigenvalue weighted by Gasteiger charge is 2.21. The van der Waals surface area contributed by atoms with Crippen LogP contribution in [-0.4, -0.2) is 11.8 Å². The van der Waals surface area contributed by atoms with E-state index in [0.717, 1.165) is 18.4 Å². The van der Waals surface area contributed by atoms with E-state index in [9.17, 15) is 4.79 Å². The molecule has 0 bridgehead atoms. The van der Waals surface area contributed by atoms with Gasteiger partial charge in [0.2, 0.25) is 0 Å². The summed E-state index contributed by atoms with van der Waals surface area (Å²) in [5.74, 6) is 0.166. The van der Waals surface area contributed by atoms with Gasteiger partial charge in [0.1, 0.15) is 0 Å². The minimum absolute atomic E-state index is 0. The van der Waals surface area contributed by atoms with Crippen LogP contribution in [0.1, 0.15) is 17.5 Å². The maximum atomic E-state index is 11.8. The quantitative estimate of drug-likeness (QED) is 0.741. The topological polar surface area (TPSA) is 43.1 Å². The monoisotopic (exact) mass is 261 g/mol. The predicted molar refractivity (Wildman–Crippen MR) is 76.2 cm³/mol. The number of carbonyl (C=O) groups excluding carboxylic acids is 1. The molecule has 18 heavy (non-hydrogen) atoms. The molecular weight excluding hydrogens is 246 g/mol. The Balaban J connectivity index is 0.00000120. The third kappa shape index (κ3) is 2.14. The van der Waals surface area contributed by atoms with Crippen LogP contribution < -0.4 is 5.73 Å². The normalized spacial score (nSPS) is 18.9. The standard InChI is InChI=1S/C15H15NO.ClH/c16-14-8-7-13-11(9-15(14)17)6-5-10-3-1-2-4-12(10)13;/h1-6,14H,7-9,16H2;1H. The molecule has 0 fully saturated rings. The molecule has 0 radical (unpaired) electrons. The van der Waals surface area contributed by atoms with Gasteiger partial charge < -0.3 is 5.73 Å². The molecule has 0 saturated heterocycles. The van der Waals surface area contributed by atoms with E-state index in [1.54, 1.807) is 0 Å². The third-order valence-corrected chi connectivity index (χ3v) is 3.62. The van der Waals surface area contributed by atoms with Gasteiger partial charge in [-0.1, -0.05) is 36.4 Å². The molecule has 94 valence electrons. The van der Waals surface area contributed by atoms with Crippen molar-refractivity contribution in [1.29, 1.82) is 0 Å². The van der Waals surface area contributed by atoms with E-state index in [-0.39, 0.29) is 24.2 Å². The van der Waals surface area contributed by atoms with Crippen molar-refractivity contribution in [1.82, 2.24) is 0 Å². The van der Waals surface area contributed by atoms with Gasteiger partial charge in [0, 0.05) is 6.42 Å². The number of hydrogen-bond acceptors (Lipinski definition) is 2. The molecule has 0 saturated carbocycles. The van der Waals surface area contributed by atoms with E-state index in [0.29, 0.717) is 6.42 Å². The summed E-state index contributed by atoms with van der Waals surface area (Å²) in [4.78, 5) is 11.8. The lowest BCUT2D eigenvalue weighted by Crippen LogP contribution is -2.30. The SMILES string of the molecule is Cl.NC1CCc2c(ccc3ccccc23)CC1=O. The van der Waals surface area contributed by atoms with Gasteiger partial charge in [0.05, 0.1) is 6.04 Å². The fourth-order valence-corrected chi connectivity index (χ4v) is 2.62. The third-order valence-electron chi connectivity index (χ3n) is 3.62. The molecule has 1 aliphatic rings. The molecule has 3 rings (SSSR count). The van der Waals surface area contributed by atoms with E-state index >= 15 is 0 Å². The van der Waals surface area contributed by atoms with Crippen molar-refractivity contribution in [3.63, 3.8) is 0 Å². The van der Waals surface area contributed by atoms with Crippen LogP contribution >= 0.6 is 12.4 Å². The molecule has 0 heterocycles. The lowest BCUT2D eigenvalue weighted by molar-refractivity contribution is -0.119. The Hall–Kier alpha value is -1.38. The average molecular weight is 262 g/mol. The van der Waals surface area contributed by atoms with Crippen molar-refractivity contribution >= 4 is 29.0 Å². The Kier molecular flexibility index (Phi) is 3.69. The van der Waals surface area contributed by atoms with Crippen LogP contribution in [0, 0.1) is 0 Å². The first-order valence-electron chi connectivity index (χ1n) is 6.03. The summed E-state index contributed by atoms with van der Waals surface area (Å²) in [5.41, 5.74) is 8.32. The Morgan fingerprint density at radius 3 is 2.72 bits per heavy atom. The van der Waals surface area contributed by atoms with Crippen LogP contribution in [0.4, 0.5) is 0 Å². The summed E-state index contributed by atoms with van der Waals surface area (Å²) in [6, 6.07) is 12.2. The predicted octanol–water partition coefficient (Wildman–Crippen LogP) is 2.65. The molecule has 1 atom stereocenters. The van der Waals surface area contributed by atoms with E-state index in [1.165, 1.54) is 16.3 Å². The van der Waals surface area contributed by atoms with E-state index in [1.807, 2.05) is 6.07 Å². The summed E-state index contributed by atoms with van der Waals surface area (Å²) in [7, 11) is 0. The lowest BCUT2D eigenvalue weighted by atomic mass is 9.96. The first kappa shape index (κ1) is 13.1. The molecule has 2 aromatic rings. The fourth-order valence-electron chi connectivity index (χ4n) is 2.62. The highest BCUT2D eigenvalue weighted by atomic mass is 35.5. The molecule has 1 aliphatic carbocycles. The summed E-state index contributed by atoms with van der Waals surface area (Å²) >= 11 is 0. The summed E-state index contributed by atoms with van der Waals surface area (Å²) in [6.45, 7) is 0. The first-order chi connectivity index (χ1) is 8.25. The van der Waals surface area contributed by atoms with Gasteiger partial charge in [-0.2, -0.15) is 0 Å². The summed E-state index contributed by atoms with van der Waals surface area (Å²) in [5, 5.41) is 2.51. The number of rotatable bonds is 0. The van der Waals surface area contributed by atoms with Crippen LogP contribution in [0.25, 0.3) is 10.8 Å². The summed E-state index contributed by atoms with van der Waals surface area (Å²) < 4.78 is 0. The zero-order valence-corrected chi connectivity index (χ0v) is 10.9. The van der Waals surface area contributed by atoms with Gasteiger partial charge >= 0.3 is 0 Å². The smallest absolute Gasteiger partial charge is 0.153 e. The first-order valence-corrected chi connectivity index (χ1v) is 6.03. The van der Waals surface area contributed by atoms with Crippen LogP contribution in [0.3, 0.4) is 0 Å². The molecule has 2 N–H and O–H groups in total. The van der Waals surface area contributed by atoms with Crippen LogP contribution in [0.5, 0.6) is 0 Å². The van der Waals surface area contributed by atoms with E-state index in [4.69, 9.17) is 5.73 Å². The van der Waals surface area contributed by atoms with Gasteiger partial charge in [-0.25, -0.2) is 0 Å². The van der Waals surface area contributed by atoms with Crippen molar-refractivity contribution in [2.75, 3.05) is 0 Å². The number of fused-ring (bicyclic) bond motifs is 3. The van der Waals surface area contributed by atoms with E-state index < -0.39 is 0 Å². The number of halogens is 1.